The van der Waals surface area contributed by atoms with Crippen molar-refractivity contribution in [3.8, 4) is 0 Å². The lowest BCUT2D eigenvalue weighted by Crippen LogP contribution is -2.42. The standard InChI is InChI=1S/C14H20F2N2O2S/c1-2-9-5-3-4-6-12(9)18-21(19,20)13-8-10(17)7-11(15)14(13)16/h7-9,12,18H,2-6,17H2,1H3. The van der Waals surface area contributed by atoms with Gasteiger partial charge in [0.25, 0.3) is 0 Å². The number of anilines is 1. The molecule has 0 aromatic heterocycles. The van der Waals surface area contributed by atoms with Crippen LogP contribution in [0.15, 0.2) is 17.0 Å². The zero-order valence-electron chi connectivity index (χ0n) is 11.9. The number of hydrogen-bond donors (Lipinski definition) is 2. The average molecular weight is 318 g/mol. The van der Waals surface area contributed by atoms with Crippen LogP contribution in [-0.2, 0) is 10.0 Å². The smallest absolute Gasteiger partial charge is 0.243 e. The van der Waals surface area contributed by atoms with Crippen molar-refractivity contribution in [3.05, 3.63) is 23.8 Å². The quantitative estimate of drug-likeness (QED) is 0.839. The summed E-state index contributed by atoms with van der Waals surface area (Å²) in [7, 11) is -4.12. The van der Waals surface area contributed by atoms with Gasteiger partial charge in [0.1, 0.15) is 4.90 Å². The zero-order valence-corrected chi connectivity index (χ0v) is 12.7. The van der Waals surface area contributed by atoms with Crippen LogP contribution in [0.25, 0.3) is 0 Å². The number of benzene rings is 1. The molecule has 2 unspecified atom stereocenters. The Labute approximate surface area is 123 Å². The molecule has 0 spiro atoms. The van der Waals surface area contributed by atoms with Gasteiger partial charge in [-0.2, -0.15) is 0 Å². The van der Waals surface area contributed by atoms with E-state index in [4.69, 9.17) is 5.73 Å². The van der Waals surface area contributed by atoms with Crippen molar-refractivity contribution in [2.45, 2.75) is 50.0 Å². The van der Waals surface area contributed by atoms with Crippen LogP contribution in [0.1, 0.15) is 39.0 Å². The first kappa shape index (κ1) is 16.2. The molecule has 0 heterocycles. The molecule has 2 rings (SSSR count). The summed E-state index contributed by atoms with van der Waals surface area (Å²) in [6, 6.07) is 1.48. The fourth-order valence-corrected chi connectivity index (χ4v) is 4.35. The zero-order chi connectivity index (χ0) is 15.6. The van der Waals surface area contributed by atoms with E-state index in [2.05, 4.69) is 4.72 Å². The maximum atomic E-state index is 13.8. The predicted molar refractivity (Wildman–Crippen MR) is 77.1 cm³/mol. The molecular formula is C14H20F2N2O2S. The minimum atomic E-state index is -4.12. The van der Waals surface area contributed by atoms with Gasteiger partial charge in [0.2, 0.25) is 10.0 Å². The molecule has 1 aromatic rings. The minimum Gasteiger partial charge on any atom is -0.399 e. The van der Waals surface area contributed by atoms with Gasteiger partial charge < -0.3 is 5.73 Å². The summed E-state index contributed by atoms with van der Waals surface area (Å²) in [5, 5.41) is 0. The van der Waals surface area contributed by atoms with Crippen LogP contribution in [0.2, 0.25) is 0 Å². The van der Waals surface area contributed by atoms with E-state index in [0.29, 0.717) is 6.42 Å². The molecule has 1 aromatic carbocycles. The summed E-state index contributed by atoms with van der Waals surface area (Å²) in [6.07, 6.45) is 4.50. The summed E-state index contributed by atoms with van der Waals surface area (Å²) >= 11 is 0. The lowest BCUT2D eigenvalue weighted by Gasteiger charge is -2.31. The van der Waals surface area contributed by atoms with Crippen LogP contribution >= 0.6 is 0 Å². The highest BCUT2D eigenvalue weighted by atomic mass is 32.2. The second-order valence-electron chi connectivity index (χ2n) is 5.50. The third-order valence-electron chi connectivity index (χ3n) is 4.05. The highest BCUT2D eigenvalue weighted by molar-refractivity contribution is 7.89. The van der Waals surface area contributed by atoms with Crippen molar-refractivity contribution in [2.24, 2.45) is 5.92 Å². The molecule has 21 heavy (non-hydrogen) atoms. The van der Waals surface area contributed by atoms with Crippen molar-refractivity contribution >= 4 is 15.7 Å². The fraction of sp³-hybridized carbons (Fsp3) is 0.571. The normalized spacial score (nSPS) is 23.2. The Morgan fingerprint density at radius 2 is 1.95 bits per heavy atom. The Hall–Kier alpha value is -1.21. The third-order valence-corrected chi connectivity index (χ3v) is 5.54. The highest BCUT2D eigenvalue weighted by Crippen LogP contribution is 2.29. The highest BCUT2D eigenvalue weighted by Gasteiger charge is 2.30. The Morgan fingerprint density at radius 3 is 2.62 bits per heavy atom. The number of rotatable bonds is 4. The lowest BCUT2D eigenvalue weighted by atomic mass is 9.83. The van der Waals surface area contributed by atoms with Crippen molar-refractivity contribution < 1.29 is 17.2 Å². The van der Waals surface area contributed by atoms with Gasteiger partial charge in [-0.25, -0.2) is 21.9 Å². The van der Waals surface area contributed by atoms with Crippen LogP contribution in [0.4, 0.5) is 14.5 Å². The first-order valence-electron chi connectivity index (χ1n) is 7.12. The van der Waals surface area contributed by atoms with E-state index in [-0.39, 0.29) is 17.6 Å². The van der Waals surface area contributed by atoms with Crippen molar-refractivity contribution in [1.82, 2.24) is 4.72 Å². The number of halogens is 2. The number of nitrogens with two attached hydrogens (primary N) is 1. The van der Waals surface area contributed by atoms with E-state index in [1.165, 1.54) is 0 Å². The second-order valence-corrected chi connectivity index (χ2v) is 7.18. The molecule has 1 aliphatic rings. The Balaban J connectivity index is 2.30. The summed E-state index contributed by atoms with van der Waals surface area (Å²) in [5.74, 6) is -2.42. The Bertz CT molecular complexity index is 620. The molecule has 0 bridgehead atoms. The monoisotopic (exact) mass is 318 g/mol. The third kappa shape index (κ3) is 3.52. The molecule has 4 nitrogen and oxygen atoms in total. The minimum absolute atomic E-state index is 0.120. The van der Waals surface area contributed by atoms with Gasteiger partial charge in [-0.05, 0) is 30.9 Å². The van der Waals surface area contributed by atoms with Gasteiger partial charge in [0, 0.05) is 11.7 Å². The molecule has 7 heteroatoms. The van der Waals surface area contributed by atoms with E-state index >= 15 is 0 Å². The van der Waals surface area contributed by atoms with Crippen LogP contribution in [-0.4, -0.2) is 14.5 Å². The van der Waals surface area contributed by atoms with E-state index < -0.39 is 26.6 Å². The maximum absolute atomic E-state index is 13.8. The molecule has 0 aliphatic heterocycles. The molecule has 0 saturated heterocycles. The van der Waals surface area contributed by atoms with Crippen molar-refractivity contribution in [2.75, 3.05) is 5.73 Å². The average Bonchev–Trinajstić information content (AvgIpc) is 2.43. The van der Waals surface area contributed by atoms with Crippen LogP contribution in [0, 0.1) is 17.6 Å². The van der Waals surface area contributed by atoms with Crippen LogP contribution in [0.5, 0.6) is 0 Å². The van der Waals surface area contributed by atoms with E-state index in [1.807, 2.05) is 6.92 Å². The van der Waals surface area contributed by atoms with Crippen molar-refractivity contribution in [1.29, 1.82) is 0 Å². The molecule has 0 amide bonds. The first-order chi connectivity index (χ1) is 9.85. The van der Waals surface area contributed by atoms with E-state index in [1.54, 1.807) is 0 Å². The van der Waals surface area contributed by atoms with Gasteiger partial charge in [0.05, 0.1) is 0 Å². The summed E-state index contributed by atoms with van der Waals surface area (Å²) in [5.41, 5.74) is 5.29. The molecule has 1 fully saturated rings. The Kier molecular flexibility index (Phi) is 4.83. The molecule has 3 N–H and O–H groups in total. The number of nitrogens with one attached hydrogen (secondary N) is 1. The predicted octanol–water partition coefficient (Wildman–Crippen LogP) is 2.79. The fourth-order valence-electron chi connectivity index (χ4n) is 2.89. The van der Waals surface area contributed by atoms with Crippen molar-refractivity contribution in [3.63, 3.8) is 0 Å². The van der Waals surface area contributed by atoms with Crippen LogP contribution < -0.4 is 10.5 Å². The van der Waals surface area contributed by atoms with E-state index in [0.717, 1.165) is 37.8 Å². The molecule has 0 radical (unpaired) electrons. The van der Waals surface area contributed by atoms with Gasteiger partial charge in [-0.1, -0.05) is 26.2 Å². The summed E-state index contributed by atoms with van der Waals surface area (Å²) in [4.78, 5) is -0.722. The Morgan fingerprint density at radius 1 is 1.29 bits per heavy atom. The maximum Gasteiger partial charge on any atom is 0.243 e. The number of sulfonamides is 1. The molecule has 1 saturated carbocycles. The SMILES string of the molecule is CCC1CCCCC1NS(=O)(=O)c1cc(N)cc(F)c1F. The largest absolute Gasteiger partial charge is 0.399 e. The molecule has 118 valence electrons. The second kappa shape index (κ2) is 6.27. The van der Waals surface area contributed by atoms with E-state index in [9.17, 15) is 17.2 Å². The first-order valence-corrected chi connectivity index (χ1v) is 8.60. The number of hydrogen-bond acceptors (Lipinski definition) is 3. The number of nitrogen functional groups attached to an aromatic ring is 1. The van der Waals surface area contributed by atoms with Gasteiger partial charge in [-0.15, -0.1) is 0 Å². The summed E-state index contributed by atoms with van der Waals surface area (Å²) < 4.78 is 54.3. The molecule has 2 atom stereocenters. The summed E-state index contributed by atoms with van der Waals surface area (Å²) in [6.45, 7) is 2.00. The topological polar surface area (TPSA) is 72.2 Å². The van der Waals surface area contributed by atoms with Crippen LogP contribution in [0.3, 0.4) is 0 Å². The van der Waals surface area contributed by atoms with Gasteiger partial charge >= 0.3 is 0 Å². The lowest BCUT2D eigenvalue weighted by molar-refractivity contribution is 0.282. The van der Waals surface area contributed by atoms with Gasteiger partial charge in [-0.3, -0.25) is 0 Å². The van der Waals surface area contributed by atoms with Gasteiger partial charge in [0.15, 0.2) is 11.6 Å². The molecule has 1 aliphatic carbocycles. The molecular weight excluding hydrogens is 298 g/mol.